The average molecular weight is 390 g/mol. The van der Waals surface area contributed by atoms with Crippen molar-refractivity contribution in [3.05, 3.63) is 29.8 Å². The number of sulfonamides is 1. The Morgan fingerprint density at radius 1 is 1.31 bits per heavy atom. The van der Waals surface area contributed by atoms with Gasteiger partial charge in [0.15, 0.2) is 0 Å². The fourth-order valence-corrected chi connectivity index (χ4v) is 3.98. The summed E-state index contributed by atoms with van der Waals surface area (Å²) in [7, 11) is -4.50. The van der Waals surface area contributed by atoms with Gasteiger partial charge in [-0.1, -0.05) is 19.3 Å². The summed E-state index contributed by atoms with van der Waals surface area (Å²) in [6.07, 6.45) is 4.93. The van der Waals surface area contributed by atoms with Crippen LogP contribution in [0.4, 0.5) is 8.78 Å². The second-order valence-electron chi connectivity index (χ2n) is 6.61. The highest BCUT2D eigenvalue weighted by Gasteiger charge is 2.29. The number of rotatable bonds is 7. The van der Waals surface area contributed by atoms with Gasteiger partial charge in [-0.05, 0) is 37.8 Å². The van der Waals surface area contributed by atoms with Crippen molar-refractivity contribution in [1.29, 1.82) is 0 Å². The van der Waals surface area contributed by atoms with E-state index in [0.29, 0.717) is 18.6 Å². The maximum absolute atomic E-state index is 13.7. The number of carbonyl (C=O) groups excluding carboxylic acids is 1. The number of hydrogen-bond donors (Lipinski definition) is 2. The van der Waals surface area contributed by atoms with Gasteiger partial charge in [-0.2, -0.15) is 0 Å². The monoisotopic (exact) mass is 390 g/mol. The van der Waals surface area contributed by atoms with Gasteiger partial charge in [-0.25, -0.2) is 21.9 Å². The Morgan fingerprint density at radius 2 is 1.96 bits per heavy atom. The lowest BCUT2D eigenvalue weighted by molar-refractivity contribution is -0.124. The maximum Gasteiger partial charge on any atom is 0.267 e. The van der Waals surface area contributed by atoms with Gasteiger partial charge in [0.1, 0.15) is 22.6 Å². The van der Waals surface area contributed by atoms with Crippen LogP contribution in [0.25, 0.3) is 0 Å². The molecule has 1 amide bonds. The zero-order valence-corrected chi connectivity index (χ0v) is 15.4. The van der Waals surface area contributed by atoms with E-state index in [-0.39, 0.29) is 0 Å². The predicted molar refractivity (Wildman–Crippen MR) is 91.7 cm³/mol. The first-order valence-electron chi connectivity index (χ1n) is 8.59. The van der Waals surface area contributed by atoms with Gasteiger partial charge in [0.05, 0.1) is 6.10 Å². The molecule has 1 aliphatic rings. The van der Waals surface area contributed by atoms with E-state index in [4.69, 9.17) is 10.5 Å². The van der Waals surface area contributed by atoms with Gasteiger partial charge >= 0.3 is 0 Å². The van der Waals surface area contributed by atoms with Crippen LogP contribution in [0.5, 0.6) is 0 Å². The van der Waals surface area contributed by atoms with Gasteiger partial charge in [0, 0.05) is 12.7 Å². The average Bonchev–Trinajstić information content (AvgIpc) is 2.59. The molecule has 146 valence electrons. The van der Waals surface area contributed by atoms with E-state index in [2.05, 4.69) is 0 Å². The van der Waals surface area contributed by atoms with Crippen LogP contribution in [0.15, 0.2) is 23.1 Å². The lowest BCUT2D eigenvalue weighted by Gasteiger charge is -2.25. The van der Waals surface area contributed by atoms with Crippen molar-refractivity contribution in [3.8, 4) is 0 Å². The third kappa shape index (κ3) is 5.46. The minimum absolute atomic E-state index is 0.415. The van der Waals surface area contributed by atoms with Crippen molar-refractivity contribution in [2.75, 3.05) is 6.61 Å². The summed E-state index contributed by atoms with van der Waals surface area (Å²) in [5.74, 6) is -2.81. The Morgan fingerprint density at radius 3 is 2.58 bits per heavy atom. The normalized spacial score (nSPS) is 18.3. The highest BCUT2D eigenvalue weighted by molar-refractivity contribution is 7.90. The molecule has 1 aliphatic carbocycles. The lowest BCUT2D eigenvalue weighted by atomic mass is 9.90. The van der Waals surface area contributed by atoms with E-state index >= 15 is 0 Å². The molecule has 0 saturated heterocycles. The fraction of sp³-hybridized carbons (Fsp3) is 0.588. The third-order valence-corrected chi connectivity index (χ3v) is 5.93. The topological polar surface area (TPSA) is 98.5 Å². The molecule has 2 rings (SSSR count). The summed E-state index contributed by atoms with van der Waals surface area (Å²) in [5, 5.41) is 0. The standard InChI is InChI=1S/C17H24F2N2O4S/c1-11(25-10-12-5-3-2-4-6-12)16(20)17(22)21-26(23,24)15-8-7-13(18)9-14(15)19/h7-9,11-12,16H,2-6,10,20H2,1H3,(H,21,22)/t11-,16+/m1/s1. The van der Waals surface area contributed by atoms with Crippen LogP contribution in [-0.4, -0.2) is 33.1 Å². The number of hydrogen-bond acceptors (Lipinski definition) is 5. The molecule has 26 heavy (non-hydrogen) atoms. The second-order valence-corrected chi connectivity index (χ2v) is 8.26. The van der Waals surface area contributed by atoms with Crippen LogP contribution >= 0.6 is 0 Å². The smallest absolute Gasteiger partial charge is 0.267 e. The van der Waals surface area contributed by atoms with E-state index in [0.717, 1.165) is 37.8 Å². The van der Waals surface area contributed by atoms with E-state index in [1.165, 1.54) is 6.42 Å². The molecule has 0 spiro atoms. The van der Waals surface area contributed by atoms with Crippen LogP contribution in [0, 0.1) is 17.6 Å². The van der Waals surface area contributed by atoms with E-state index in [1.54, 1.807) is 11.6 Å². The van der Waals surface area contributed by atoms with Crippen molar-refractivity contribution in [2.24, 2.45) is 11.7 Å². The zero-order valence-electron chi connectivity index (χ0n) is 14.6. The minimum atomic E-state index is -4.50. The fourth-order valence-electron chi connectivity index (χ4n) is 2.91. The Bertz CT molecular complexity index is 736. The number of nitrogens with two attached hydrogens (primary N) is 1. The number of carbonyl (C=O) groups is 1. The molecule has 1 aromatic carbocycles. The molecular formula is C17H24F2N2O4S. The SMILES string of the molecule is C[C@@H](OCC1CCCCC1)[C@H](N)C(=O)NS(=O)(=O)c1ccc(F)cc1F. The van der Waals surface area contributed by atoms with E-state index < -0.39 is 44.6 Å². The number of nitrogens with one attached hydrogen (secondary N) is 1. The molecule has 0 unspecified atom stereocenters. The van der Waals surface area contributed by atoms with Crippen LogP contribution in [0.1, 0.15) is 39.0 Å². The molecule has 0 bridgehead atoms. The van der Waals surface area contributed by atoms with Crippen LogP contribution in [0.2, 0.25) is 0 Å². The highest BCUT2D eigenvalue weighted by atomic mass is 32.2. The molecule has 0 aromatic heterocycles. The molecule has 2 atom stereocenters. The van der Waals surface area contributed by atoms with E-state index in [1.807, 2.05) is 0 Å². The predicted octanol–water partition coefficient (Wildman–Crippen LogP) is 2.08. The Balaban J connectivity index is 1.94. The summed E-state index contributed by atoms with van der Waals surface area (Å²) in [4.78, 5) is 11.3. The number of ether oxygens (including phenoxy) is 1. The van der Waals surface area contributed by atoms with Crippen LogP contribution < -0.4 is 10.5 Å². The molecule has 1 fully saturated rings. The van der Waals surface area contributed by atoms with Gasteiger partial charge in [0.25, 0.3) is 15.9 Å². The Kier molecular flexibility index (Phi) is 7.08. The minimum Gasteiger partial charge on any atom is -0.376 e. The first-order valence-corrected chi connectivity index (χ1v) is 10.1. The third-order valence-electron chi connectivity index (χ3n) is 4.55. The molecule has 0 heterocycles. The summed E-state index contributed by atoms with van der Waals surface area (Å²) in [6, 6.07) is 0.721. The highest BCUT2D eigenvalue weighted by Crippen LogP contribution is 2.24. The van der Waals surface area contributed by atoms with Crippen molar-refractivity contribution in [1.82, 2.24) is 4.72 Å². The number of benzene rings is 1. The van der Waals surface area contributed by atoms with Crippen LogP contribution in [-0.2, 0) is 19.6 Å². The van der Waals surface area contributed by atoms with Crippen molar-refractivity contribution >= 4 is 15.9 Å². The van der Waals surface area contributed by atoms with Gasteiger partial charge in [0.2, 0.25) is 0 Å². The molecule has 0 radical (unpaired) electrons. The van der Waals surface area contributed by atoms with Crippen LogP contribution in [0.3, 0.4) is 0 Å². The summed E-state index contributed by atoms with van der Waals surface area (Å²) in [6.45, 7) is 2.04. The Hall–Kier alpha value is -1.58. The quantitative estimate of drug-likeness (QED) is 0.743. The van der Waals surface area contributed by atoms with Crippen molar-refractivity contribution < 1.29 is 26.7 Å². The second kappa shape index (κ2) is 8.88. The zero-order chi connectivity index (χ0) is 19.3. The molecule has 9 heteroatoms. The first kappa shape index (κ1) is 20.7. The molecule has 1 aromatic rings. The number of amides is 1. The van der Waals surface area contributed by atoms with Crippen molar-refractivity contribution in [3.63, 3.8) is 0 Å². The lowest BCUT2D eigenvalue weighted by Crippen LogP contribution is -2.50. The Labute approximate surface area is 152 Å². The largest absolute Gasteiger partial charge is 0.376 e. The van der Waals surface area contributed by atoms with Gasteiger partial charge < -0.3 is 10.5 Å². The molecule has 6 nitrogen and oxygen atoms in total. The molecule has 0 aliphatic heterocycles. The van der Waals surface area contributed by atoms with Gasteiger partial charge in [-0.3, -0.25) is 4.79 Å². The number of halogens is 2. The summed E-state index contributed by atoms with van der Waals surface area (Å²) >= 11 is 0. The van der Waals surface area contributed by atoms with E-state index in [9.17, 15) is 22.0 Å². The summed E-state index contributed by atoms with van der Waals surface area (Å²) in [5.41, 5.74) is 5.77. The first-order chi connectivity index (χ1) is 12.2. The molecule has 1 saturated carbocycles. The summed E-state index contributed by atoms with van der Waals surface area (Å²) < 4.78 is 58.1. The van der Waals surface area contributed by atoms with Crippen molar-refractivity contribution in [2.45, 2.75) is 56.1 Å². The molecule has 3 N–H and O–H groups in total. The van der Waals surface area contributed by atoms with Gasteiger partial charge in [-0.15, -0.1) is 0 Å². The molecular weight excluding hydrogens is 366 g/mol. The maximum atomic E-state index is 13.7.